The smallest absolute Gasteiger partial charge is 0.256 e. The van der Waals surface area contributed by atoms with Crippen LogP contribution >= 0.6 is 11.8 Å². The zero-order valence-electron chi connectivity index (χ0n) is 27.4. The molecule has 11 heteroatoms. The Balaban J connectivity index is 1.18. The van der Waals surface area contributed by atoms with E-state index in [4.69, 9.17) is 24.1 Å². The minimum Gasteiger partial charge on any atom is -0.431 e. The maximum Gasteiger partial charge on any atom is 0.256 e. The van der Waals surface area contributed by atoms with Crippen molar-refractivity contribution < 1.29 is 33.8 Å². The van der Waals surface area contributed by atoms with Crippen LogP contribution in [0.3, 0.4) is 0 Å². The molecular weight excluding hydrogens is 655 g/mol. The second kappa shape index (κ2) is 17.2. The molecule has 3 atom stereocenters. The molecular formula is C39H39N3O7S. The highest BCUT2D eigenvalue weighted by Gasteiger charge is 2.33. The summed E-state index contributed by atoms with van der Waals surface area (Å²) < 4.78 is 19.4. The van der Waals surface area contributed by atoms with Crippen LogP contribution in [0.5, 0.6) is 0 Å². The molecule has 5 aromatic rings. The lowest BCUT2D eigenvalue weighted by molar-refractivity contribution is -0.245. The van der Waals surface area contributed by atoms with Crippen LogP contribution in [0.25, 0.3) is 22.6 Å². The quantitative estimate of drug-likeness (QED) is 0.0396. The summed E-state index contributed by atoms with van der Waals surface area (Å²) in [7, 11) is 0. The Morgan fingerprint density at radius 1 is 0.800 bits per heavy atom. The van der Waals surface area contributed by atoms with Gasteiger partial charge in [0.25, 0.3) is 5.22 Å². The predicted octanol–water partition coefficient (Wildman–Crippen LogP) is 7.84. The number of nitrogens with zero attached hydrogens (tertiary/aromatic N) is 1. The number of unbranched alkanes of at least 4 members (excludes halogenated alkanes) is 1. The Hall–Kier alpha value is -4.78. The number of hydrogen-bond donors (Lipinski definition) is 4. The van der Waals surface area contributed by atoms with E-state index in [1.165, 1.54) is 11.8 Å². The van der Waals surface area contributed by atoms with Crippen LogP contribution in [0.1, 0.15) is 61.2 Å². The van der Waals surface area contributed by atoms with Crippen LogP contribution in [0, 0.1) is 0 Å². The van der Waals surface area contributed by atoms with Crippen LogP contribution in [-0.4, -0.2) is 39.0 Å². The van der Waals surface area contributed by atoms with Gasteiger partial charge in [-0.25, -0.2) is 10.5 Å². The van der Waals surface area contributed by atoms with Gasteiger partial charge in [-0.15, -0.1) is 0 Å². The van der Waals surface area contributed by atoms with Crippen LogP contribution in [0.4, 0.5) is 5.69 Å². The second-order valence-corrected chi connectivity index (χ2v) is 12.9. The normalized spacial score (nSPS) is 17.3. The lowest BCUT2D eigenvalue weighted by Crippen LogP contribution is -2.31. The summed E-state index contributed by atoms with van der Waals surface area (Å²) in [6, 6.07) is 35.0. The molecule has 50 heavy (non-hydrogen) atoms. The van der Waals surface area contributed by atoms with Crippen molar-refractivity contribution >= 4 is 29.3 Å². The van der Waals surface area contributed by atoms with Crippen LogP contribution in [0.2, 0.25) is 0 Å². The van der Waals surface area contributed by atoms with E-state index in [1.54, 1.807) is 11.5 Å². The van der Waals surface area contributed by atoms with E-state index in [9.17, 15) is 14.7 Å². The highest BCUT2D eigenvalue weighted by atomic mass is 32.2. The van der Waals surface area contributed by atoms with Gasteiger partial charge in [0, 0.05) is 47.4 Å². The van der Waals surface area contributed by atoms with Gasteiger partial charge in [-0.1, -0.05) is 109 Å². The minimum atomic E-state index is -0.713. The number of carbonyl (C=O) groups excluding carboxylic acids is 2. The fourth-order valence-corrected chi connectivity index (χ4v) is 6.58. The highest BCUT2D eigenvalue weighted by molar-refractivity contribution is 7.99. The summed E-state index contributed by atoms with van der Waals surface area (Å²) in [5.41, 5.74) is 7.44. The molecule has 1 aromatic heterocycles. The Bertz CT molecular complexity index is 1790. The number of nitrogens with one attached hydrogen (secondary N) is 2. The molecule has 0 spiro atoms. The van der Waals surface area contributed by atoms with Crippen molar-refractivity contribution in [2.75, 3.05) is 11.1 Å². The number of benzene rings is 4. The number of aliphatic hydroxyl groups is 1. The molecule has 2 amide bonds. The Kier molecular flexibility index (Phi) is 12.1. The van der Waals surface area contributed by atoms with Gasteiger partial charge in [-0.3, -0.25) is 14.8 Å². The number of hydrogen-bond acceptors (Lipinski definition) is 9. The summed E-state index contributed by atoms with van der Waals surface area (Å²) in [5, 5.41) is 21.7. The molecule has 2 heterocycles. The van der Waals surface area contributed by atoms with Gasteiger partial charge in [0.05, 0.1) is 18.8 Å². The van der Waals surface area contributed by atoms with Crippen LogP contribution in [-0.2, 0) is 25.7 Å². The first-order valence-corrected chi connectivity index (χ1v) is 17.6. The van der Waals surface area contributed by atoms with Crippen molar-refractivity contribution in [1.82, 2.24) is 10.5 Å². The lowest BCUT2D eigenvalue weighted by atomic mass is 10.0. The number of aliphatic hydroxyl groups excluding tert-OH is 1. The third kappa shape index (κ3) is 9.26. The van der Waals surface area contributed by atoms with Crippen molar-refractivity contribution in [3.63, 3.8) is 0 Å². The van der Waals surface area contributed by atoms with Gasteiger partial charge in [0.15, 0.2) is 12.1 Å². The summed E-state index contributed by atoms with van der Waals surface area (Å²) in [6.45, 7) is -0.0423. The first-order valence-electron chi connectivity index (χ1n) is 16.6. The first-order chi connectivity index (χ1) is 24.5. The molecule has 1 saturated heterocycles. The maximum atomic E-state index is 12.6. The van der Waals surface area contributed by atoms with E-state index >= 15 is 0 Å². The van der Waals surface area contributed by atoms with Crippen LogP contribution < -0.4 is 10.8 Å². The number of aromatic nitrogens is 1. The fraction of sp³-hybridized carbons (Fsp3) is 0.256. The Morgan fingerprint density at radius 3 is 2.20 bits per heavy atom. The third-order valence-corrected chi connectivity index (χ3v) is 9.28. The number of rotatable bonds is 14. The number of ether oxygens (including phenoxy) is 2. The van der Waals surface area contributed by atoms with Gasteiger partial charge >= 0.3 is 0 Å². The molecule has 258 valence electrons. The molecule has 3 unspecified atom stereocenters. The summed E-state index contributed by atoms with van der Waals surface area (Å²) in [5.74, 6) is 0.614. The molecule has 0 bridgehead atoms. The van der Waals surface area contributed by atoms with Gasteiger partial charge in [0.1, 0.15) is 5.69 Å². The van der Waals surface area contributed by atoms with E-state index in [0.717, 1.165) is 33.5 Å². The highest BCUT2D eigenvalue weighted by Crippen LogP contribution is 2.41. The van der Waals surface area contributed by atoms with Crippen molar-refractivity contribution in [2.24, 2.45) is 0 Å². The molecule has 1 aliphatic rings. The zero-order valence-corrected chi connectivity index (χ0v) is 28.2. The zero-order chi connectivity index (χ0) is 34.7. The van der Waals surface area contributed by atoms with E-state index < -0.39 is 12.2 Å². The molecule has 6 rings (SSSR count). The van der Waals surface area contributed by atoms with Gasteiger partial charge in [-0.2, -0.15) is 0 Å². The first kappa shape index (κ1) is 35.1. The van der Waals surface area contributed by atoms with Crippen molar-refractivity contribution in [1.29, 1.82) is 0 Å². The number of thioether (sulfide) groups is 1. The van der Waals surface area contributed by atoms with E-state index in [-0.39, 0.29) is 37.6 Å². The molecule has 1 fully saturated rings. The number of carbonyl (C=O) groups is 2. The van der Waals surface area contributed by atoms with Crippen LogP contribution in [0.15, 0.2) is 119 Å². The minimum absolute atomic E-state index is 0.0423. The largest absolute Gasteiger partial charge is 0.431 e. The van der Waals surface area contributed by atoms with Gasteiger partial charge in [0.2, 0.25) is 11.8 Å². The molecule has 1 aliphatic heterocycles. The number of amides is 2. The van der Waals surface area contributed by atoms with Crippen molar-refractivity contribution in [3.8, 4) is 22.6 Å². The molecule has 4 N–H and O–H groups in total. The standard InChI is InChI=1S/C39H39N3O7S/c43-24-26-18-20-27(21-19-26)33-23-32(25-50-39-41-36(28-10-3-1-4-11-28)37(49-39)29-12-5-2-6-13-29)47-38(48-33)30-14-9-15-31(22-30)40-34(44)16-7-8-17-35(45)42-46/h1-6,9-15,18-22,32-33,38,43,46H,7-8,16-17,23-25H2,(H,40,44)(H,42,45). The molecule has 0 radical (unpaired) electrons. The van der Waals surface area contributed by atoms with Gasteiger partial charge < -0.3 is 24.3 Å². The lowest BCUT2D eigenvalue weighted by Gasteiger charge is -2.36. The fourth-order valence-electron chi connectivity index (χ4n) is 5.74. The van der Waals surface area contributed by atoms with Crippen molar-refractivity contribution in [3.05, 3.63) is 126 Å². The second-order valence-electron chi connectivity index (χ2n) is 12.0. The molecule has 0 aliphatic carbocycles. The monoisotopic (exact) mass is 693 g/mol. The van der Waals surface area contributed by atoms with E-state index in [2.05, 4.69) is 5.32 Å². The number of oxazole rings is 1. The summed E-state index contributed by atoms with van der Waals surface area (Å²) >= 11 is 1.49. The number of hydroxylamine groups is 1. The van der Waals surface area contributed by atoms with Crippen molar-refractivity contribution in [2.45, 2.75) is 62.4 Å². The molecule has 0 saturated carbocycles. The summed E-state index contributed by atoms with van der Waals surface area (Å²) in [4.78, 5) is 28.8. The third-order valence-electron chi connectivity index (χ3n) is 8.32. The maximum absolute atomic E-state index is 12.6. The molecule has 4 aromatic carbocycles. The number of anilines is 1. The van der Waals surface area contributed by atoms with E-state index in [0.29, 0.717) is 41.7 Å². The average molecular weight is 694 g/mol. The predicted molar refractivity (Wildman–Crippen MR) is 190 cm³/mol. The SMILES string of the molecule is O=C(CCCCC(=O)Nc1cccc(C2OC(CSc3nc(-c4ccccc4)c(-c4ccccc4)o3)CC(c3ccc(CO)cc3)O2)c1)NO. The average Bonchev–Trinajstić information content (AvgIpc) is 3.61. The van der Waals surface area contributed by atoms with Gasteiger partial charge in [-0.05, 0) is 36.1 Å². The summed E-state index contributed by atoms with van der Waals surface area (Å²) in [6.07, 6.45) is 0.737. The Morgan fingerprint density at radius 2 is 1.50 bits per heavy atom. The Labute approximate surface area is 294 Å². The molecule has 10 nitrogen and oxygen atoms in total. The topological polar surface area (TPSA) is 143 Å². The van der Waals surface area contributed by atoms with E-state index in [1.807, 2.05) is 103 Å².